The molecule has 1 unspecified atom stereocenters. The van der Waals surface area contributed by atoms with Gasteiger partial charge in [0.05, 0.1) is 12.3 Å². The van der Waals surface area contributed by atoms with Crippen molar-refractivity contribution in [3.8, 4) is 0 Å². The van der Waals surface area contributed by atoms with Gasteiger partial charge in [-0.1, -0.05) is 11.8 Å². The minimum Gasteiger partial charge on any atom is -0.464 e. The fraction of sp³-hybridized carbons (Fsp3) is 0.714. The molecule has 1 aromatic heterocycles. The van der Waals surface area contributed by atoms with Crippen LogP contribution >= 0.6 is 11.8 Å². The number of piperidine rings is 3. The van der Waals surface area contributed by atoms with Crippen LogP contribution in [0.15, 0.2) is 16.5 Å². The summed E-state index contributed by atoms with van der Waals surface area (Å²) in [6.07, 6.45) is 2.57. The molecule has 1 N–H and O–H groups in total. The molecular formula is C14H20F2N2OS. The molecule has 3 aliphatic rings. The second kappa shape index (κ2) is 6.45. The van der Waals surface area contributed by atoms with Gasteiger partial charge in [0.25, 0.3) is 5.76 Å². The molecule has 0 aromatic carbocycles. The van der Waals surface area contributed by atoms with Crippen LogP contribution in [0.4, 0.5) is 8.78 Å². The number of hydrogen-bond donors (Lipinski definition) is 1. The lowest BCUT2D eigenvalue weighted by Crippen LogP contribution is -2.55. The maximum atomic E-state index is 12.1. The molecular weight excluding hydrogens is 282 g/mol. The summed E-state index contributed by atoms with van der Waals surface area (Å²) < 4.78 is 29.8. The van der Waals surface area contributed by atoms with E-state index in [-0.39, 0.29) is 5.75 Å². The Bertz CT molecular complexity index is 433. The largest absolute Gasteiger partial charge is 0.464 e. The van der Waals surface area contributed by atoms with Crippen molar-refractivity contribution in [1.82, 2.24) is 10.2 Å². The van der Waals surface area contributed by atoms with Gasteiger partial charge in [0.1, 0.15) is 11.5 Å². The third kappa shape index (κ3) is 3.54. The Balaban J connectivity index is 1.46. The molecule has 6 heteroatoms. The first-order valence-corrected chi connectivity index (χ1v) is 8.18. The molecule has 0 spiro atoms. The maximum Gasteiger partial charge on any atom is 0.284 e. The third-order valence-electron chi connectivity index (χ3n) is 4.26. The van der Waals surface area contributed by atoms with Gasteiger partial charge in [0.15, 0.2) is 0 Å². The van der Waals surface area contributed by atoms with Crippen LogP contribution in [0.25, 0.3) is 0 Å². The number of nitrogens with zero attached hydrogens (tertiary/aromatic N) is 1. The predicted octanol–water partition coefficient (Wildman–Crippen LogP) is 2.92. The van der Waals surface area contributed by atoms with Gasteiger partial charge in [-0.2, -0.15) is 8.78 Å². The third-order valence-corrected chi connectivity index (χ3v) is 4.97. The molecule has 3 fully saturated rings. The van der Waals surface area contributed by atoms with E-state index in [1.165, 1.54) is 25.9 Å². The molecule has 1 atom stereocenters. The van der Waals surface area contributed by atoms with Gasteiger partial charge in [0.2, 0.25) is 0 Å². The van der Waals surface area contributed by atoms with Crippen molar-refractivity contribution in [3.63, 3.8) is 0 Å². The van der Waals surface area contributed by atoms with Gasteiger partial charge >= 0.3 is 0 Å². The quantitative estimate of drug-likeness (QED) is 0.874. The molecule has 4 rings (SSSR count). The number of thioether (sulfide) groups is 1. The number of hydrogen-bond acceptors (Lipinski definition) is 4. The normalized spacial score (nSPS) is 29.2. The average molecular weight is 302 g/mol. The second-order valence-electron chi connectivity index (χ2n) is 5.57. The van der Waals surface area contributed by atoms with Crippen molar-refractivity contribution in [2.75, 3.05) is 19.6 Å². The highest BCUT2D eigenvalue weighted by Crippen LogP contribution is 2.28. The van der Waals surface area contributed by atoms with Crippen LogP contribution in [0, 0.1) is 5.92 Å². The first-order chi connectivity index (χ1) is 9.70. The zero-order chi connectivity index (χ0) is 13.9. The van der Waals surface area contributed by atoms with Crippen LogP contribution in [0.1, 0.15) is 24.4 Å². The number of rotatable bonds is 6. The number of fused-ring (bicyclic) bond motifs is 3. The zero-order valence-corrected chi connectivity index (χ0v) is 12.2. The summed E-state index contributed by atoms with van der Waals surface area (Å²) in [6, 6.07) is 4.22. The topological polar surface area (TPSA) is 28.4 Å². The van der Waals surface area contributed by atoms with Gasteiger partial charge in [0, 0.05) is 12.6 Å². The van der Waals surface area contributed by atoms with E-state index in [0.29, 0.717) is 30.1 Å². The molecule has 2 bridgehead atoms. The van der Waals surface area contributed by atoms with Gasteiger partial charge in [-0.05, 0) is 44.0 Å². The Morgan fingerprint density at radius 1 is 1.30 bits per heavy atom. The van der Waals surface area contributed by atoms with Crippen LogP contribution < -0.4 is 5.32 Å². The molecule has 1 aromatic rings. The summed E-state index contributed by atoms with van der Waals surface area (Å²) in [5.41, 5.74) is 0. The SMILES string of the molecule is FC(F)SCc1ccc(CNC2CN3CCC2CC3)o1. The highest BCUT2D eigenvalue weighted by Gasteiger charge is 2.33. The molecule has 3 aliphatic heterocycles. The van der Waals surface area contributed by atoms with Crippen molar-refractivity contribution in [2.24, 2.45) is 5.92 Å². The van der Waals surface area contributed by atoms with Crippen molar-refractivity contribution in [2.45, 2.75) is 36.9 Å². The van der Waals surface area contributed by atoms with E-state index >= 15 is 0 Å². The van der Waals surface area contributed by atoms with Crippen LogP contribution in [0.3, 0.4) is 0 Å². The number of nitrogens with one attached hydrogen (secondary N) is 1. The molecule has 3 saturated heterocycles. The standard InChI is InChI=1S/C14H20F2N2OS/c15-14(16)20-9-12-2-1-11(19-12)7-17-13-8-18-5-3-10(13)4-6-18/h1-2,10,13-14,17H,3-9H2. The van der Waals surface area contributed by atoms with E-state index in [4.69, 9.17) is 4.42 Å². The molecule has 0 aliphatic carbocycles. The number of alkyl halides is 2. The van der Waals surface area contributed by atoms with E-state index in [2.05, 4.69) is 10.2 Å². The van der Waals surface area contributed by atoms with Crippen molar-refractivity contribution < 1.29 is 13.2 Å². The Labute approximate surface area is 122 Å². The highest BCUT2D eigenvalue weighted by atomic mass is 32.2. The van der Waals surface area contributed by atoms with Gasteiger partial charge in [-0.25, -0.2) is 0 Å². The van der Waals surface area contributed by atoms with Crippen LogP contribution in [0.2, 0.25) is 0 Å². The van der Waals surface area contributed by atoms with Crippen LogP contribution in [-0.2, 0) is 12.3 Å². The van der Waals surface area contributed by atoms with Crippen molar-refractivity contribution in [1.29, 1.82) is 0 Å². The molecule has 0 amide bonds. The Hall–Kier alpha value is -0.590. The van der Waals surface area contributed by atoms with Gasteiger partial charge in [-0.3, -0.25) is 0 Å². The minimum absolute atomic E-state index is 0.234. The summed E-state index contributed by atoms with van der Waals surface area (Å²) in [5.74, 6) is 0.141. The predicted molar refractivity (Wildman–Crippen MR) is 75.8 cm³/mol. The van der Waals surface area contributed by atoms with E-state index < -0.39 is 5.76 Å². The van der Waals surface area contributed by atoms with Crippen molar-refractivity contribution in [3.05, 3.63) is 23.7 Å². The lowest BCUT2D eigenvalue weighted by atomic mass is 9.84. The highest BCUT2D eigenvalue weighted by molar-refractivity contribution is 7.98. The fourth-order valence-electron chi connectivity index (χ4n) is 3.17. The van der Waals surface area contributed by atoms with Crippen LogP contribution in [0.5, 0.6) is 0 Å². The van der Waals surface area contributed by atoms with Crippen molar-refractivity contribution >= 4 is 11.8 Å². The van der Waals surface area contributed by atoms with E-state index in [1.807, 2.05) is 6.07 Å². The van der Waals surface area contributed by atoms with E-state index in [1.54, 1.807) is 6.07 Å². The molecule has 0 radical (unpaired) electrons. The van der Waals surface area contributed by atoms with Gasteiger partial charge in [-0.15, -0.1) is 0 Å². The number of furan rings is 1. The monoisotopic (exact) mass is 302 g/mol. The lowest BCUT2D eigenvalue weighted by molar-refractivity contribution is 0.0711. The smallest absolute Gasteiger partial charge is 0.284 e. The molecule has 4 heterocycles. The molecule has 20 heavy (non-hydrogen) atoms. The van der Waals surface area contributed by atoms with Crippen LogP contribution in [-0.4, -0.2) is 36.3 Å². The molecule has 3 nitrogen and oxygen atoms in total. The molecule has 112 valence electrons. The Morgan fingerprint density at radius 2 is 2.05 bits per heavy atom. The Morgan fingerprint density at radius 3 is 2.70 bits per heavy atom. The fourth-order valence-corrected chi connectivity index (χ4v) is 3.61. The zero-order valence-electron chi connectivity index (χ0n) is 11.4. The summed E-state index contributed by atoms with van der Waals surface area (Å²) in [5, 5.41) is 3.56. The average Bonchev–Trinajstić information content (AvgIpc) is 2.92. The minimum atomic E-state index is -2.34. The van der Waals surface area contributed by atoms with E-state index in [0.717, 1.165) is 18.2 Å². The number of halogens is 2. The first kappa shape index (κ1) is 14.4. The molecule has 0 saturated carbocycles. The van der Waals surface area contributed by atoms with E-state index in [9.17, 15) is 8.78 Å². The summed E-state index contributed by atoms with van der Waals surface area (Å²) in [6.45, 7) is 4.28. The summed E-state index contributed by atoms with van der Waals surface area (Å²) in [4.78, 5) is 2.50. The first-order valence-electron chi connectivity index (χ1n) is 7.14. The van der Waals surface area contributed by atoms with Gasteiger partial charge < -0.3 is 14.6 Å². The Kier molecular flexibility index (Phi) is 4.63. The second-order valence-corrected chi connectivity index (χ2v) is 6.54. The maximum absolute atomic E-state index is 12.1. The summed E-state index contributed by atoms with van der Waals surface area (Å²) in [7, 11) is 0. The summed E-state index contributed by atoms with van der Waals surface area (Å²) >= 11 is 0.599. The lowest BCUT2D eigenvalue weighted by Gasteiger charge is -2.45.